The van der Waals surface area contributed by atoms with E-state index in [0.717, 1.165) is 17.1 Å². The number of halogens is 1. The topological polar surface area (TPSA) is 29.3 Å². The number of para-hydroxylation sites is 1. The molecule has 2 aromatic carbocycles. The number of anilines is 1. The summed E-state index contributed by atoms with van der Waals surface area (Å²) in [6.07, 6.45) is 0. The summed E-state index contributed by atoms with van der Waals surface area (Å²) < 4.78 is 0. The van der Waals surface area contributed by atoms with Gasteiger partial charge in [0.25, 0.3) is 0 Å². The monoisotopic (exact) mass is 258 g/mol. The zero-order chi connectivity index (χ0) is 12.7. The lowest BCUT2D eigenvalue weighted by molar-refractivity contribution is 0.869. The molecule has 0 radical (unpaired) electrons. The average Bonchev–Trinajstić information content (AvgIpc) is 2.47. The first-order chi connectivity index (χ1) is 8.66. The molecule has 0 amide bonds. The Labute approximate surface area is 112 Å². The molecule has 2 aromatic rings. The minimum atomic E-state index is -0.0848. The standard InChI is InChI=1S/C15H15ClN2/c1-18-9-10-8-11(16)6-7-12(10)15(17)13-4-2-3-5-14(13)18/h2-8,15H,9,17H2,1H3. The second-order valence-corrected chi connectivity index (χ2v) is 5.17. The van der Waals surface area contributed by atoms with Gasteiger partial charge in [0, 0.05) is 24.3 Å². The summed E-state index contributed by atoms with van der Waals surface area (Å²) in [6.45, 7) is 0.834. The van der Waals surface area contributed by atoms with Crippen LogP contribution >= 0.6 is 11.6 Å². The Morgan fingerprint density at radius 3 is 2.78 bits per heavy atom. The zero-order valence-electron chi connectivity index (χ0n) is 10.2. The van der Waals surface area contributed by atoms with Crippen LogP contribution in [0.25, 0.3) is 0 Å². The Morgan fingerprint density at radius 1 is 1.17 bits per heavy atom. The number of benzene rings is 2. The highest BCUT2D eigenvalue weighted by Crippen LogP contribution is 2.35. The molecule has 0 saturated heterocycles. The van der Waals surface area contributed by atoms with Gasteiger partial charge in [-0.1, -0.05) is 35.9 Å². The van der Waals surface area contributed by atoms with Gasteiger partial charge in [0.15, 0.2) is 0 Å². The van der Waals surface area contributed by atoms with Crippen LogP contribution in [0.15, 0.2) is 42.5 Å². The van der Waals surface area contributed by atoms with Gasteiger partial charge in [-0.25, -0.2) is 0 Å². The molecule has 0 aliphatic carbocycles. The number of hydrogen-bond acceptors (Lipinski definition) is 2. The first-order valence-corrected chi connectivity index (χ1v) is 6.38. The van der Waals surface area contributed by atoms with Crippen LogP contribution in [0.5, 0.6) is 0 Å². The van der Waals surface area contributed by atoms with Crippen molar-refractivity contribution in [3.63, 3.8) is 0 Å². The molecule has 1 unspecified atom stereocenters. The lowest BCUT2D eigenvalue weighted by atomic mass is 9.96. The van der Waals surface area contributed by atoms with E-state index in [1.54, 1.807) is 0 Å². The molecular formula is C15H15ClN2. The van der Waals surface area contributed by atoms with Crippen LogP contribution in [0.1, 0.15) is 22.7 Å². The lowest BCUT2D eigenvalue weighted by Crippen LogP contribution is -2.16. The normalized spacial score (nSPS) is 17.9. The van der Waals surface area contributed by atoms with Crippen LogP contribution in [-0.4, -0.2) is 7.05 Å². The van der Waals surface area contributed by atoms with Crippen molar-refractivity contribution in [3.05, 3.63) is 64.2 Å². The molecule has 92 valence electrons. The molecule has 0 fully saturated rings. The van der Waals surface area contributed by atoms with Gasteiger partial charge in [-0.2, -0.15) is 0 Å². The van der Waals surface area contributed by atoms with Crippen LogP contribution in [0, 0.1) is 0 Å². The van der Waals surface area contributed by atoms with Crippen LogP contribution in [0.3, 0.4) is 0 Å². The lowest BCUT2D eigenvalue weighted by Gasteiger charge is -2.20. The van der Waals surface area contributed by atoms with Crippen molar-refractivity contribution in [2.45, 2.75) is 12.6 Å². The molecule has 2 N–H and O–H groups in total. The molecule has 1 atom stereocenters. The smallest absolute Gasteiger partial charge is 0.0575 e. The summed E-state index contributed by atoms with van der Waals surface area (Å²) in [6, 6.07) is 14.2. The van der Waals surface area contributed by atoms with Crippen molar-refractivity contribution in [2.24, 2.45) is 5.73 Å². The highest BCUT2D eigenvalue weighted by atomic mass is 35.5. The third kappa shape index (κ3) is 1.78. The van der Waals surface area contributed by atoms with Gasteiger partial charge in [-0.15, -0.1) is 0 Å². The molecule has 2 nitrogen and oxygen atoms in total. The average molecular weight is 259 g/mol. The number of rotatable bonds is 0. The van der Waals surface area contributed by atoms with E-state index in [2.05, 4.69) is 24.1 Å². The van der Waals surface area contributed by atoms with Crippen molar-refractivity contribution in [1.29, 1.82) is 0 Å². The number of fused-ring (bicyclic) bond motifs is 2. The summed E-state index contributed by atoms with van der Waals surface area (Å²) in [5.74, 6) is 0. The number of nitrogens with two attached hydrogens (primary N) is 1. The SMILES string of the molecule is CN1Cc2cc(Cl)ccc2C(N)c2ccccc21. The van der Waals surface area contributed by atoms with Crippen LogP contribution in [-0.2, 0) is 6.54 Å². The van der Waals surface area contributed by atoms with Crippen molar-refractivity contribution in [2.75, 3.05) is 11.9 Å². The Morgan fingerprint density at radius 2 is 1.94 bits per heavy atom. The van der Waals surface area contributed by atoms with Gasteiger partial charge >= 0.3 is 0 Å². The highest BCUT2D eigenvalue weighted by molar-refractivity contribution is 6.30. The van der Waals surface area contributed by atoms with Gasteiger partial charge < -0.3 is 10.6 Å². The highest BCUT2D eigenvalue weighted by Gasteiger charge is 2.22. The van der Waals surface area contributed by atoms with E-state index in [0.29, 0.717) is 0 Å². The Hall–Kier alpha value is -1.51. The van der Waals surface area contributed by atoms with E-state index in [9.17, 15) is 0 Å². The maximum Gasteiger partial charge on any atom is 0.0575 e. The van der Waals surface area contributed by atoms with E-state index in [4.69, 9.17) is 17.3 Å². The minimum Gasteiger partial charge on any atom is -0.370 e. The van der Waals surface area contributed by atoms with Gasteiger partial charge in [0.1, 0.15) is 0 Å². The molecule has 1 aliphatic rings. The fourth-order valence-electron chi connectivity index (χ4n) is 2.62. The Kier molecular flexibility index (Phi) is 2.77. The molecule has 0 aromatic heterocycles. The molecule has 1 heterocycles. The predicted molar refractivity (Wildman–Crippen MR) is 76.0 cm³/mol. The van der Waals surface area contributed by atoms with Gasteiger partial charge in [-0.05, 0) is 34.9 Å². The molecule has 3 rings (SSSR count). The summed E-state index contributed by atoms with van der Waals surface area (Å²) in [5.41, 5.74) is 11.1. The van der Waals surface area contributed by atoms with E-state index in [-0.39, 0.29) is 6.04 Å². The maximum absolute atomic E-state index is 6.40. The maximum atomic E-state index is 6.40. The van der Waals surface area contributed by atoms with Gasteiger partial charge in [0.05, 0.1) is 6.04 Å². The van der Waals surface area contributed by atoms with Crippen molar-refractivity contribution < 1.29 is 0 Å². The van der Waals surface area contributed by atoms with Crippen molar-refractivity contribution in [1.82, 2.24) is 0 Å². The first kappa shape index (κ1) is 11.6. The molecule has 18 heavy (non-hydrogen) atoms. The number of nitrogens with zero attached hydrogens (tertiary/aromatic N) is 1. The quantitative estimate of drug-likeness (QED) is 0.785. The van der Waals surface area contributed by atoms with E-state index >= 15 is 0 Å². The molecule has 0 bridgehead atoms. The van der Waals surface area contributed by atoms with Crippen LogP contribution in [0.2, 0.25) is 5.02 Å². The molecule has 0 saturated carbocycles. The fraction of sp³-hybridized carbons (Fsp3) is 0.200. The van der Waals surface area contributed by atoms with E-state index in [1.165, 1.54) is 16.8 Å². The van der Waals surface area contributed by atoms with Gasteiger partial charge in [-0.3, -0.25) is 0 Å². The predicted octanol–water partition coefficient (Wildman–Crippen LogP) is 3.34. The molecule has 0 spiro atoms. The number of hydrogen-bond donors (Lipinski definition) is 1. The summed E-state index contributed by atoms with van der Waals surface area (Å²) in [5, 5.41) is 0.764. The molecular weight excluding hydrogens is 244 g/mol. The molecule has 1 aliphatic heterocycles. The largest absolute Gasteiger partial charge is 0.370 e. The van der Waals surface area contributed by atoms with Crippen LogP contribution < -0.4 is 10.6 Å². The Balaban J connectivity index is 2.21. The zero-order valence-corrected chi connectivity index (χ0v) is 11.0. The second kappa shape index (κ2) is 4.30. The summed E-state index contributed by atoms with van der Waals surface area (Å²) in [4.78, 5) is 2.22. The van der Waals surface area contributed by atoms with E-state index < -0.39 is 0 Å². The van der Waals surface area contributed by atoms with Crippen molar-refractivity contribution >= 4 is 17.3 Å². The van der Waals surface area contributed by atoms with Gasteiger partial charge in [0.2, 0.25) is 0 Å². The Bertz CT molecular complexity index is 595. The summed E-state index contributed by atoms with van der Waals surface area (Å²) >= 11 is 6.08. The first-order valence-electron chi connectivity index (χ1n) is 6.01. The van der Waals surface area contributed by atoms with E-state index in [1.807, 2.05) is 30.3 Å². The minimum absolute atomic E-state index is 0.0848. The second-order valence-electron chi connectivity index (χ2n) is 4.74. The molecule has 3 heteroatoms. The van der Waals surface area contributed by atoms with Crippen LogP contribution in [0.4, 0.5) is 5.69 Å². The third-order valence-corrected chi connectivity index (χ3v) is 3.77. The van der Waals surface area contributed by atoms with Crippen molar-refractivity contribution in [3.8, 4) is 0 Å². The fourth-order valence-corrected chi connectivity index (χ4v) is 2.82. The summed E-state index contributed by atoms with van der Waals surface area (Å²) in [7, 11) is 2.08. The third-order valence-electron chi connectivity index (χ3n) is 3.53.